The zero-order chi connectivity index (χ0) is 15.7. The van der Waals surface area contributed by atoms with Gasteiger partial charge >= 0.3 is 18.2 Å². The molecular formula is C8HF6N3O3. The third kappa shape index (κ3) is 3.46. The molecule has 1 aromatic heterocycles. The van der Waals surface area contributed by atoms with Crippen LogP contribution in [0, 0.1) is 21.4 Å². The van der Waals surface area contributed by atoms with E-state index < -0.39 is 40.3 Å². The Balaban J connectivity index is 3.58. The van der Waals surface area contributed by atoms with E-state index in [1.807, 2.05) is 0 Å². The van der Waals surface area contributed by atoms with E-state index >= 15 is 0 Å². The molecule has 0 atom stereocenters. The first-order valence-corrected chi connectivity index (χ1v) is 4.38. The van der Waals surface area contributed by atoms with Gasteiger partial charge in [-0.15, -0.1) is 13.2 Å². The molecule has 0 bridgehead atoms. The summed E-state index contributed by atoms with van der Waals surface area (Å²) in [5.41, 5.74) is -4.80. The standard InChI is InChI=1S/C8HF6N3O3/c9-7(10,11)6-5(20-8(12,13)14)1-4(17(18)19)3(2-15)16-6/h1H. The van der Waals surface area contributed by atoms with E-state index in [9.17, 15) is 36.5 Å². The maximum atomic E-state index is 12.5. The van der Waals surface area contributed by atoms with Crippen LogP contribution in [0.15, 0.2) is 6.07 Å². The van der Waals surface area contributed by atoms with Crippen molar-refractivity contribution in [2.75, 3.05) is 0 Å². The van der Waals surface area contributed by atoms with E-state index in [0.29, 0.717) is 0 Å². The van der Waals surface area contributed by atoms with E-state index in [-0.39, 0.29) is 6.07 Å². The van der Waals surface area contributed by atoms with Crippen molar-refractivity contribution in [2.24, 2.45) is 0 Å². The molecule has 1 rings (SSSR count). The highest BCUT2D eigenvalue weighted by Crippen LogP contribution is 2.39. The average Bonchev–Trinajstić information content (AvgIpc) is 2.24. The minimum atomic E-state index is -5.51. The van der Waals surface area contributed by atoms with Crippen LogP contribution in [0.1, 0.15) is 11.4 Å². The Morgan fingerprint density at radius 3 is 2.20 bits per heavy atom. The molecule has 12 heteroatoms. The molecule has 0 unspecified atom stereocenters. The van der Waals surface area contributed by atoms with Gasteiger partial charge in [-0.25, -0.2) is 4.98 Å². The number of nitro groups is 1. The molecule has 0 saturated heterocycles. The van der Waals surface area contributed by atoms with Crippen molar-refractivity contribution in [3.63, 3.8) is 0 Å². The fourth-order valence-corrected chi connectivity index (χ4v) is 1.11. The van der Waals surface area contributed by atoms with Gasteiger partial charge in [0.2, 0.25) is 5.69 Å². The molecule has 1 aromatic rings. The predicted octanol–water partition coefficient (Wildman–Crippen LogP) is 2.78. The van der Waals surface area contributed by atoms with Crippen LogP contribution in [-0.4, -0.2) is 16.3 Å². The Hall–Kier alpha value is -2.58. The third-order valence-electron chi connectivity index (χ3n) is 1.76. The summed E-state index contributed by atoms with van der Waals surface area (Å²) in [6.07, 6.45) is -10.9. The second-order valence-corrected chi connectivity index (χ2v) is 3.12. The molecule has 108 valence electrons. The Morgan fingerprint density at radius 1 is 1.30 bits per heavy atom. The molecule has 0 aliphatic carbocycles. The van der Waals surface area contributed by atoms with Gasteiger partial charge in [0, 0.05) is 0 Å². The van der Waals surface area contributed by atoms with Crippen LogP contribution in [0.25, 0.3) is 0 Å². The highest BCUT2D eigenvalue weighted by molar-refractivity contribution is 5.50. The van der Waals surface area contributed by atoms with E-state index in [4.69, 9.17) is 5.26 Å². The number of rotatable bonds is 2. The number of hydrogen-bond donors (Lipinski definition) is 0. The van der Waals surface area contributed by atoms with Gasteiger partial charge in [-0.05, 0) is 0 Å². The van der Waals surface area contributed by atoms with Crippen molar-refractivity contribution in [1.29, 1.82) is 5.26 Å². The predicted molar refractivity (Wildman–Crippen MR) is 47.3 cm³/mol. The normalized spacial score (nSPS) is 11.8. The summed E-state index contributed by atoms with van der Waals surface area (Å²) in [7, 11) is 0. The Kier molecular flexibility index (Phi) is 3.74. The Labute approximate surface area is 105 Å². The Bertz CT molecular complexity index is 589. The summed E-state index contributed by atoms with van der Waals surface area (Å²) in [5.74, 6) is -1.91. The quantitative estimate of drug-likeness (QED) is 0.476. The maximum absolute atomic E-state index is 12.5. The van der Waals surface area contributed by atoms with Gasteiger partial charge in [-0.2, -0.15) is 18.4 Å². The van der Waals surface area contributed by atoms with Gasteiger partial charge in [-0.3, -0.25) is 10.1 Å². The first-order chi connectivity index (χ1) is 8.95. The minimum absolute atomic E-state index is 0.151. The molecule has 0 N–H and O–H groups in total. The molecule has 0 aromatic carbocycles. The van der Waals surface area contributed by atoms with Crippen LogP contribution in [-0.2, 0) is 6.18 Å². The Morgan fingerprint density at radius 2 is 1.85 bits per heavy atom. The van der Waals surface area contributed by atoms with Crippen LogP contribution in [0.3, 0.4) is 0 Å². The van der Waals surface area contributed by atoms with Crippen molar-refractivity contribution < 1.29 is 36.0 Å². The van der Waals surface area contributed by atoms with Crippen LogP contribution in [0.2, 0.25) is 0 Å². The smallest absolute Gasteiger partial charge is 0.403 e. The van der Waals surface area contributed by atoms with E-state index in [1.54, 1.807) is 0 Å². The number of nitrogens with zero attached hydrogens (tertiary/aromatic N) is 3. The highest BCUT2D eigenvalue weighted by atomic mass is 19.4. The average molecular weight is 301 g/mol. The van der Waals surface area contributed by atoms with Gasteiger partial charge in [-0.1, -0.05) is 0 Å². The second kappa shape index (κ2) is 4.83. The lowest BCUT2D eigenvalue weighted by molar-refractivity contribution is -0.385. The minimum Gasteiger partial charge on any atom is -0.403 e. The molecule has 1 heterocycles. The number of nitriles is 1. The molecule has 20 heavy (non-hydrogen) atoms. The summed E-state index contributed by atoms with van der Waals surface area (Å²) in [5, 5.41) is 18.9. The summed E-state index contributed by atoms with van der Waals surface area (Å²) >= 11 is 0. The van der Waals surface area contributed by atoms with Gasteiger partial charge in [0.1, 0.15) is 6.07 Å². The topological polar surface area (TPSA) is 89.0 Å². The first-order valence-electron chi connectivity index (χ1n) is 4.38. The van der Waals surface area contributed by atoms with Crippen molar-refractivity contribution in [2.45, 2.75) is 12.5 Å². The molecule has 0 aliphatic rings. The van der Waals surface area contributed by atoms with E-state index in [0.717, 1.165) is 6.07 Å². The van der Waals surface area contributed by atoms with Gasteiger partial charge < -0.3 is 4.74 Å². The number of hydrogen-bond acceptors (Lipinski definition) is 5. The van der Waals surface area contributed by atoms with Crippen molar-refractivity contribution in [3.05, 3.63) is 27.6 Å². The molecular weight excluding hydrogens is 300 g/mol. The van der Waals surface area contributed by atoms with Crippen molar-refractivity contribution in [1.82, 2.24) is 4.98 Å². The zero-order valence-corrected chi connectivity index (χ0v) is 8.91. The monoisotopic (exact) mass is 301 g/mol. The molecule has 0 saturated carbocycles. The highest BCUT2D eigenvalue weighted by Gasteiger charge is 2.43. The molecule has 0 radical (unpaired) electrons. The van der Waals surface area contributed by atoms with Gasteiger partial charge in [0.15, 0.2) is 11.4 Å². The fourth-order valence-electron chi connectivity index (χ4n) is 1.11. The fraction of sp³-hybridized carbons (Fsp3) is 0.250. The van der Waals surface area contributed by atoms with Crippen molar-refractivity contribution in [3.8, 4) is 11.8 Å². The summed E-state index contributed by atoms with van der Waals surface area (Å²) in [4.78, 5) is 11.6. The van der Waals surface area contributed by atoms with Crippen molar-refractivity contribution >= 4 is 5.69 Å². The maximum Gasteiger partial charge on any atom is 0.573 e. The first kappa shape index (κ1) is 15.5. The molecule has 0 fully saturated rings. The lowest BCUT2D eigenvalue weighted by atomic mass is 10.2. The van der Waals surface area contributed by atoms with Gasteiger partial charge in [0.05, 0.1) is 11.0 Å². The van der Waals surface area contributed by atoms with E-state index in [1.165, 1.54) is 0 Å². The lowest BCUT2D eigenvalue weighted by Crippen LogP contribution is -2.21. The number of alkyl halides is 6. The van der Waals surface area contributed by atoms with Gasteiger partial charge in [0.25, 0.3) is 0 Å². The number of pyridine rings is 1. The number of aromatic nitrogens is 1. The van der Waals surface area contributed by atoms with E-state index in [2.05, 4.69) is 9.72 Å². The van der Waals surface area contributed by atoms with Crippen LogP contribution in [0.4, 0.5) is 32.0 Å². The van der Waals surface area contributed by atoms with Crippen LogP contribution >= 0.6 is 0 Å². The SMILES string of the molecule is N#Cc1nc(C(F)(F)F)c(OC(F)(F)F)cc1[N+](=O)[O-]. The molecule has 0 amide bonds. The lowest BCUT2D eigenvalue weighted by Gasteiger charge is -2.14. The number of ether oxygens (including phenoxy) is 1. The molecule has 0 spiro atoms. The summed E-state index contributed by atoms with van der Waals surface area (Å²) in [6.45, 7) is 0. The molecule has 6 nitrogen and oxygen atoms in total. The van der Waals surface area contributed by atoms with Crippen LogP contribution in [0.5, 0.6) is 5.75 Å². The number of halogens is 6. The second-order valence-electron chi connectivity index (χ2n) is 3.12. The summed E-state index contributed by atoms with van der Waals surface area (Å²) in [6, 6.07) is 0.839. The zero-order valence-electron chi connectivity index (χ0n) is 8.91. The third-order valence-corrected chi connectivity index (χ3v) is 1.76. The largest absolute Gasteiger partial charge is 0.573 e. The molecule has 0 aliphatic heterocycles. The summed E-state index contributed by atoms with van der Waals surface area (Å²) < 4.78 is 76.4. The van der Waals surface area contributed by atoms with Crippen LogP contribution < -0.4 is 4.74 Å².